The summed E-state index contributed by atoms with van der Waals surface area (Å²) in [5, 5.41) is 7.21. The lowest BCUT2D eigenvalue weighted by Gasteiger charge is -2.28. The van der Waals surface area contributed by atoms with Gasteiger partial charge in [0.15, 0.2) is 5.11 Å². The van der Waals surface area contributed by atoms with E-state index in [0.717, 1.165) is 23.4 Å². The highest BCUT2D eigenvalue weighted by atomic mass is 32.1. The fourth-order valence-electron chi connectivity index (χ4n) is 5.91. The minimum atomic E-state index is -0.134. The third kappa shape index (κ3) is 5.39. The Kier molecular flexibility index (Phi) is 8.03. The summed E-state index contributed by atoms with van der Waals surface area (Å²) in [6.45, 7) is 11.2. The summed E-state index contributed by atoms with van der Waals surface area (Å²) in [7, 11) is 0. The van der Waals surface area contributed by atoms with Crippen LogP contribution >= 0.6 is 12.2 Å². The molecule has 2 N–H and O–H groups in total. The lowest BCUT2D eigenvalue weighted by atomic mass is 9.96. The van der Waals surface area contributed by atoms with Crippen LogP contribution in [0.2, 0.25) is 0 Å². The van der Waals surface area contributed by atoms with Gasteiger partial charge in [-0.3, -0.25) is 9.78 Å². The normalized spacial score (nSPS) is 16.7. The fraction of sp³-hybridized carbons (Fsp3) is 0.303. The summed E-state index contributed by atoms with van der Waals surface area (Å²) in [6, 6.07) is 22.4. The topological polar surface area (TPSA) is 62.2 Å². The molecule has 0 aliphatic carbocycles. The molecule has 0 saturated carbocycles. The van der Waals surface area contributed by atoms with Gasteiger partial charge in [0.05, 0.1) is 23.5 Å². The largest absolute Gasteiger partial charge is 0.352 e. The molecule has 0 bridgehead atoms. The van der Waals surface area contributed by atoms with Crippen molar-refractivity contribution in [3.63, 3.8) is 0 Å². The number of aromatic nitrogens is 2. The van der Waals surface area contributed by atoms with Crippen molar-refractivity contribution in [2.75, 3.05) is 11.9 Å². The first-order valence-electron chi connectivity index (χ1n) is 13.9. The van der Waals surface area contributed by atoms with E-state index in [1.165, 1.54) is 33.8 Å². The van der Waals surface area contributed by atoms with Gasteiger partial charge in [0.1, 0.15) is 0 Å². The van der Waals surface area contributed by atoms with Gasteiger partial charge >= 0.3 is 0 Å². The molecule has 2 aromatic heterocycles. The van der Waals surface area contributed by atoms with Gasteiger partial charge in [0.2, 0.25) is 5.91 Å². The van der Waals surface area contributed by atoms with Crippen LogP contribution in [0.1, 0.15) is 64.8 Å². The molecule has 4 aromatic rings. The average Bonchev–Trinajstić information content (AvgIpc) is 3.42. The van der Waals surface area contributed by atoms with Crippen molar-refractivity contribution >= 4 is 28.9 Å². The first-order valence-corrected chi connectivity index (χ1v) is 14.3. The molecule has 7 heteroatoms. The Labute approximate surface area is 242 Å². The van der Waals surface area contributed by atoms with Gasteiger partial charge in [-0.2, -0.15) is 0 Å². The van der Waals surface area contributed by atoms with Gasteiger partial charge in [0, 0.05) is 36.2 Å². The minimum Gasteiger partial charge on any atom is -0.352 e. The monoisotopic (exact) mass is 551 g/mol. The zero-order valence-corrected chi connectivity index (χ0v) is 24.7. The Balaban J connectivity index is 1.51. The van der Waals surface area contributed by atoms with Crippen LogP contribution in [-0.4, -0.2) is 32.0 Å². The van der Waals surface area contributed by atoms with E-state index in [1.54, 1.807) is 0 Å². The summed E-state index contributed by atoms with van der Waals surface area (Å²) < 4.78 is 2.38. The van der Waals surface area contributed by atoms with Crippen molar-refractivity contribution in [3.05, 3.63) is 112 Å². The number of thiocarbonyl (C=S) groups is 1. The van der Waals surface area contributed by atoms with Crippen LogP contribution in [0.25, 0.3) is 5.69 Å². The van der Waals surface area contributed by atoms with E-state index >= 15 is 0 Å². The average molecular weight is 552 g/mol. The van der Waals surface area contributed by atoms with Crippen LogP contribution in [0.15, 0.2) is 72.9 Å². The number of rotatable bonds is 8. The van der Waals surface area contributed by atoms with Gasteiger partial charge in [-0.05, 0) is 98.9 Å². The fourth-order valence-corrected chi connectivity index (χ4v) is 6.24. The zero-order valence-electron chi connectivity index (χ0n) is 23.9. The lowest BCUT2D eigenvalue weighted by molar-refractivity contribution is -0.116. The Bertz CT molecular complexity index is 1540. The van der Waals surface area contributed by atoms with Crippen molar-refractivity contribution in [2.24, 2.45) is 0 Å². The molecule has 1 aliphatic rings. The van der Waals surface area contributed by atoms with E-state index < -0.39 is 0 Å². The molecule has 2 atom stereocenters. The number of amides is 1. The standard InChI is InChI=1S/C33H37N5OS/c1-6-25-13-10-12-22(3)31(25)38-23(4)20-27(24(38)5)32-30(28-15-7-8-17-34-28)36-33(40)37(32)18-16-29(39)35-26-14-9-11-21(2)19-26/h7-15,17,19-20,30,32H,6,16,18H2,1-5H3,(H,35,39)(H,36,40)/t30-,32-/m0/s1. The van der Waals surface area contributed by atoms with Crippen LogP contribution in [0.5, 0.6) is 0 Å². The van der Waals surface area contributed by atoms with E-state index in [2.05, 4.69) is 77.0 Å². The molecule has 0 radical (unpaired) electrons. The van der Waals surface area contributed by atoms with Crippen LogP contribution in [0.3, 0.4) is 0 Å². The molecule has 2 aromatic carbocycles. The molecule has 206 valence electrons. The molecule has 1 amide bonds. The number of anilines is 1. The maximum Gasteiger partial charge on any atom is 0.226 e. The molecule has 1 aliphatic heterocycles. The van der Waals surface area contributed by atoms with Crippen LogP contribution < -0.4 is 10.6 Å². The maximum absolute atomic E-state index is 13.0. The molecule has 0 unspecified atom stereocenters. The Hall–Kier alpha value is -3.97. The smallest absolute Gasteiger partial charge is 0.226 e. The number of carbonyl (C=O) groups is 1. The summed E-state index contributed by atoms with van der Waals surface area (Å²) in [5.74, 6) is -0.0357. The third-order valence-corrected chi connectivity index (χ3v) is 8.15. The van der Waals surface area contributed by atoms with Crippen molar-refractivity contribution in [1.29, 1.82) is 0 Å². The van der Waals surface area contributed by atoms with Crippen molar-refractivity contribution in [3.8, 4) is 5.69 Å². The highest BCUT2D eigenvalue weighted by Gasteiger charge is 2.41. The molecular weight excluding hydrogens is 514 g/mol. The molecule has 1 saturated heterocycles. The quantitative estimate of drug-likeness (QED) is 0.240. The number of benzene rings is 2. The predicted molar refractivity (Wildman–Crippen MR) is 166 cm³/mol. The maximum atomic E-state index is 13.0. The number of pyridine rings is 1. The molecule has 6 nitrogen and oxygen atoms in total. The van der Waals surface area contributed by atoms with Crippen molar-refractivity contribution in [2.45, 2.75) is 59.5 Å². The Morgan fingerprint density at radius 2 is 1.82 bits per heavy atom. The first-order chi connectivity index (χ1) is 19.3. The van der Waals surface area contributed by atoms with E-state index in [4.69, 9.17) is 12.2 Å². The highest BCUT2D eigenvalue weighted by Crippen LogP contribution is 2.42. The molecule has 0 spiro atoms. The second-order valence-electron chi connectivity index (χ2n) is 10.6. The number of nitrogens with one attached hydrogen (secondary N) is 2. The molecule has 3 heterocycles. The minimum absolute atomic E-state index is 0.0357. The zero-order chi connectivity index (χ0) is 28.4. The Morgan fingerprint density at radius 3 is 2.55 bits per heavy atom. The van der Waals surface area contributed by atoms with Crippen LogP contribution in [-0.2, 0) is 11.2 Å². The summed E-state index contributed by atoms with van der Waals surface area (Å²) >= 11 is 5.88. The van der Waals surface area contributed by atoms with Gasteiger partial charge < -0.3 is 20.1 Å². The van der Waals surface area contributed by atoms with E-state index in [9.17, 15) is 4.79 Å². The van der Waals surface area contributed by atoms with Gasteiger partial charge in [-0.15, -0.1) is 0 Å². The molecular formula is C33H37N5OS. The van der Waals surface area contributed by atoms with Gasteiger partial charge in [0.25, 0.3) is 0 Å². The lowest BCUT2D eigenvalue weighted by Crippen LogP contribution is -2.33. The number of aryl methyl sites for hydroxylation is 4. The number of para-hydroxylation sites is 1. The van der Waals surface area contributed by atoms with Gasteiger partial charge in [-0.25, -0.2) is 0 Å². The second-order valence-corrected chi connectivity index (χ2v) is 11.0. The first kappa shape index (κ1) is 27.6. The number of carbonyl (C=O) groups excluding carboxylic acids is 1. The summed E-state index contributed by atoms with van der Waals surface area (Å²) in [6.07, 6.45) is 3.09. The number of hydrogen-bond acceptors (Lipinski definition) is 3. The van der Waals surface area contributed by atoms with E-state index in [0.29, 0.717) is 18.1 Å². The van der Waals surface area contributed by atoms with E-state index in [-0.39, 0.29) is 18.0 Å². The van der Waals surface area contributed by atoms with Crippen molar-refractivity contribution < 1.29 is 4.79 Å². The number of nitrogens with zero attached hydrogens (tertiary/aromatic N) is 3. The highest BCUT2D eigenvalue weighted by molar-refractivity contribution is 7.80. The van der Waals surface area contributed by atoms with Crippen molar-refractivity contribution in [1.82, 2.24) is 19.8 Å². The Morgan fingerprint density at radius 1 is 1.02 bits per heavy atom. The predicted octanol–water partition coefficient (Wildman–Crippen LogP) is 6.67. The third-order valence-electron chi connectivity index (χ3n) is 7.79. The number of hydrogen-bond donors (Lipinski definition) is 2. The van der Waals surface area contributed by atoms with Crippen LogP contribution in [0.4, 0.5) is 5.69 Å². The summed E-state index contributed by atoms with van der Waals surface area (Å²) in [4.78, 5) is 19.8. The van der Waals surface area contributed by atoms with E-state index in [1.807, 2.05) is 55.6 Å². The molecule has 40 heavy (non-hydrogen) atoms. The second kappa shape index (κ2) is 11.6. The SMILES string of the molecule is CCc1cccc(C)c1-n1c(C)cc([C@H]2[C@H](c3ccccn3)NC(=S)N2CCC(=O)Nc2cccc(C)c2)c1C. The molecule has 5 rings (SSSR count). The van der Waals surface area contributed by atoms with Gasteiger partial charge in [-0.1, -0.05) is 43.3 Å². The van der Waals surface area contributed by atoms with Crippen LogP contribution in [0, 0.1) is 27.7 Å². The molecule has 1 fully saturated rings. The summed E-state index contributed by atoms with van der Waals surface area (Å²) in [5.41, 5.74) is 10.2.